The third kappa shape index (κ3) is 0.621. The standard InChI is InChI=1S/C3H4O2.H2O/c1-3-2-4-5-3;/h2H,1H3;1H2. The molecule has 0 spiro atoms. The smallest absolute Gasteiger partial charge is 0.192 e. The Morgan fingerprint density at radius 2 is 2.00 bits per heavy atom. The van der Waals surface area contributed by atoms with E-state index in [-0.39, 0.29) is 5.48 Å². The molecular weight excluding hydrogens is 84.0 g/mol. The molecule has 1 heterocycles. The first-order chi connectivity index (χ1) is 2.39. The van der Waals surface area contributed by atoms with E-state index < -0.39 is 0 Å². The van der Waals surface area contributed by atoms with Crippen LogP contribution in [0.25, 0.3) is 0 Å². The molecule has 0 aromatic carbocycles. The van der Waals surface area contributed by atoms with Crippen molar-refractivity contribution in [3.05, 3.63) is 12.0 Å². The molecule has 1 aromatic rings. The highest BCUT2D eigenvalue weighted by Crippen LogP contribution is 1.95. The van der Waals surface area contributed by atoms with E-state index in [9.17, 15) is 0 Å². The van der Waals surface area contributed by atoms with E-state index in [1.54, 1.807) is 6.26 Å². The number of rotatable bonds is 0. The summed E-state index contributed by atoms with van der Waals surface area (Å²) in [6.07, 6.45) is 1.54. The summed E-state index contributed by atoms with van der Waals surface area (Å²) in [6, 6.07) is 0. The van der Waals surface area contributed by atoms with E-state index in [2.05, 4.69) is 9.15 Å². The van der Waals surface area contributed by atoms with Crippen LogP contribution < -0.4 is 0 Å². The van der Waals surface area contributed by atoms with Gasteiger partial charge in [-0.05, 0) is 0 Å². The van der Waals surface area contributed by atoms with Gasteiger partial charge in [-0.2, -0.15) is 0 Å². The monoisotopic (exact) mass is 90.0 g/mol. The zero-order chi connectivity index (χ0) is 3.70. The van der Waals surface area contributed by atoms with Crippen LogP contribution in [0.4, 0.5) is 0 Å². The summed E-state index contributed by atoms with van der Waals surface area (Å²) >= 11 is 0. The van der Waals surface area contributed by atoms with E-state index in [0.717, 1.165) is 5.76 Å². The minimum atomic E-state index is 0. The SMILES string of the molecule is Cc1coo1.O. The summed E-state index contributed by atoms with van der Waals surface area (Å²) in [5.41, 5.74) is 0. The van der Waals surface area contributed by atoms with Gasteiger partial charge < -0.3 is 5.48 Å². The van der Waals surface area contributed by atoms with E-state index in [4.69, 9.17) is 0 Å². The van der Waals surface area contributed by atoms with E-state index >= 15 is 0 Å². The van der Waals surface area contributed by atoms with Gasteiger partial charge in [0.15, 0.2) is 12.0 Å². The maximum atomic E-state index is 4.29. The van der Waals surface area contributed by atoms with Crippen molar-refractivity contribution in [3.8, 4) is 0 Å². The van der Waals surface area contributed by atoms with Gasteiger partial charge in [0.05, 0.1) is 0 Å². The van der Waals surface area contributed by atoms with Crippen LogP contribution >= 0.6 is 0 Å². The van der Waals surface area contributed by atoms with Gasteiger partial charge >= 0.3 is 0 Å². The molecule has 0 atom stereocenters. The second-order valence-electron chi connectivity index (χ2n) is 0.908. The molecule has 3 nitrogen and oxygen atoms in total. The highest BCUT2D eigenvalue weighted by molar-refractivity contribution is 4.75. The van der Waals surface area contributed by atoms with Crippen LogP contribution in [-0.2, 0) is 0 Å². The molecule has 0 saturated heterocycles. The Balaban J connectivity index is 0.000000250. The largest absolute Gasteiger partial charge is 0.412 e. The van der Waals surface area contributed by atoms with Crippen molar-refractivity contribution >= 4 is 0 Å². The molecule has 2 N–H and O–H groups in total. The van der Waals surface area contributed by atoms with Gasteiger partial charge in [0, 0.05) is 6.92 Å². The van der Waals surface area contributed by atoms with Gasteiger partial charge in [0.25, 0.3) is 0 Å². The topological polar surface area (TPSA) is 57.8 Å². The van der Waals surface area contributed by atoms with Crippen molar-refractivity contribution in [3.63, 3.8) is 0 Å². The summed E-state index contributed by atoms with van der Waals surface area (Å²) < 4.78 is 8.46. The first kappa shape index (κ1) is 5.30. The summed E-state index contributed by atoms with van der Waals surface area (Å²) in [7, 11) is 0. The molecule has 0 fully saturated rings. The molecular formula is C3H6O3. The maximum Gasteiger partial charge on any atom is 0.192 e. The first-order valence-electron chi connectivity index (χ1n) is 1.40. The molecule has 0 bridgehead atoms. The molecule has 36 valence electrons. The van der Waals surface area contributed by atoms with Crippen molar-refractivity contribution in [2.75, 3.05) is 0 Å². The van der Waals surface area contributed by atoms with E-state index in [1.807, 2.05) is 6.92 Å². The molecule has 0 aliphatic heterocycles. The predicted molar refractivity (Wildman–Crippen MR) is 19.3 cm³/mol. The average Bonchev–Trinajstić information content (AvgIpc) is 1.30. The molecule has 0 radical (unpaired) electrons. The van der Waals surface area contributed by atoms with E-state index in [0.29, 0.717) is 0 Å². The minimum absolute atomic E-state index is 0. The molecule has 0 aliphatic rings. The van der Waals surface area contributed by atoms with Gasteiger partial charge in [-0.1, -0.05) is 0 Å². The third-order valence-electron chi connectivity index (χ3n) is 0.394. The fourth-order valence-corrected chi connectivity index (χ4v) is 0.144. The van der Waals surface area contributed by atoms with Gasteiger partial charge in [-0.15, -0.1) is 0 Å². The highest BCUT2D eigenvalue weighted by atomic mass is 17.0. The fraction of sp³-hybridized carbons (Fsp3) is 0.333. The lowest BCUT2D eigenvalue weighted by molar-refractivity contribution is -0.0114. The highest BCUT2D eigenvalue weighted by Gasteiger charge is 1.83. The lowest BCUT2D eigenvalue weighted by Crippen LogP contribution is -1.66. The van der Waals surface area contributed by atoms with Crippen LogP contribution in [0.5, 0.6) is 0 Å². The fourth-order valence-electron chi connectivity index (χ4n) is 0.144. The van der Waals surface area contributed by atoms with E-state index in [1.165, 1.54) is 0 Å². The molecule has 3 heteroatoms. The Morgan fingerprint density at radius 1 is 1.67 bits per heavy atom. The van der Waals surface area contributed by atoms with Gasteiger partial charge in [0.1, 0.15) is 0 Å². The maximum absolute atomic E-state index is 4.29. The van der Waals surface area contributed by atoms with Crippen LogP contribution in [0, 0.1) is 6.92 Å². The van der Waals surface area contributed by atoms with Crippen molar-refractivity contribution in [2.45, 2.75) is 6.92 Å². The number of aryl methyl sites for hydroxylation is 1. The van der Waals surface area contributed by atoms with Crippen molar-refractivity contribution in [1.82, 2.24) is 0 Å². The Hall–Kier alpha value is -0.700. The van der Waals surface area contributed by atoms with Crippen LogP contribution in [0.2, 0.25) is 0 Å². The molecule has 0 aliphatic carbocycles. The number of hydrogen-bond acceptors (Lipinski definition) is 2. The molecule has 1 rings (SSSR count). The van der Waals surface area contributed by atoms with Crippen molar-refractivity contribution in [2.24, 2.45) is 0 Å². The summed E-state index contributed by atoms with van der Waals surface area (Å²) in [5.74, 6) is 0.838. The van der Waals surface area contributed by atoms with Crippen molar-refractivity contribution in [1.29, 1.82) is 0 Å². The quantitative estimate of drug-likeness (QED) is 0.432. The Kier molecular flexibility index (Phi) is 1.47. The van der Waals surface area contributed by atoms with Gasteiger partial charge in [0.2, 0.25) is 0 Å². The zero-order valence-corrected chi connectivity index (χ0v) is 3.39. The lowest BCUT2D eigenvalue weighted by atomic mass is 10.6. The third-order valence-corrected chi connectivity index (χ3v) is 0.394. The average molecular weight is 90.1 g/mol. The lowest BCUT2D eigenvalue weighted by Gasteiger charge is -1.84. The second kappa shape index (κ2) is 1.67. The summed E-state index contributed by atoms with van der Waals surface area (Å²) in [6.45, 7) is 1.82. The van der Waals surface area contributed by atoms with Crippen LogP contribution in [0.3, 0.4) is 0 Å². The Labute approximate surface area is 34.8 Å². The van der Waals surface area contributed by atoms with Gasteiger partial charge in [-0.3, -0.25) is 9.15 Å². The van der Waals surface area contributed by atoms with Crippen LogP contribution in [0.1, 0.15) is 5.76 Å². The normalized spacial score (nSPS) is 7.50. The molecule has 0 amide bonds. The zero-order valence-electron chi connectivity index (χ0n) is 3.39. The summed E-state index contributed by atoms with van der Waals surface area (Å²) in [4.78, 5) is 0. The number of hydrogen-bond donors (Lipinski definition) is 0. The Morgan fingerprint density at radius 3 is 2.00 bits per heavy atom. The van der Waals surface area contributed by atoms with Gasteiger partial charge in [-0.25, -0.2) is 0 Å². The molecule has 0 saturated carbocycles. The van der Waals surface area contributed by atoms with Crippen LogP contribution in [0.15, 0.2) is 15.4 Å². The first-order valence-corrected chi connectivity index (χ1v) is 1.40. The molecule has 6 heavy (non-hydrogen) atoms. The molecule has 1 aromatic heterocycles. The molecule has 0 unspecified atom stereocenters. The van der Waals surface area contributed by atoms with Crippen molar-refractivity contribution < 1.29 is 14.6 Å². The summed E-state index contributed by atoms with van der Waals surface area (Å²) in [5, 5.41) is 0. The Bertz CT molecular complexity index is 88.2. The second-order valence-corrected chi connectivity index (χ2v) is 0.908. The minimum Gasteiger partial charge on any atom is -0.412 e. The van der Waals surface area contributed by atoms with Crippen LogP contribution in [-0.4, -0.2) is 5.48 Å². The predicted octanol–water partition coefficient (Wildman–Crippen LogP) is 0.356.